The van der Waals surface area contributed by atoms with Crippen LogP contribution in [0.1, 0.15) is 22.8 Å². The Hall–Kier alpha value is -2.60. The molecular weight excluding hydrogens is 382 g/mol. The number of nitrogens with zero attached hydrogens (tertiary/aromatic N) is 2. The number of halogens is 1. The Kier molecular flexibility index (Phi) is 5.50. The zero-order valence-corrected chi connectivity index (χ0v) is 15.4. The van der Waals surface area contributed by atoms with Gasteiger partial charge in [-0.15, -0.1) is 0 Å². The highest BCUT2D eigenvalue weighted by atomic mass is 79.9. The summed E-state index contributed by atoms with van der Waals surface area (Å²) in [7, 11) is 0. The Bertz CT molecular complexity index is 842. The van der Waals surface area contributed by atoms with E-state index in [0.29, 0.717) is 18.7 Å². The fourth-order valence-corrected chi connectivity index (χ4v) is 2.71. The SMILES string of the molecule is CCOc1ccc(NC(=O)c2ccc(Cn3cc(Br)cn3)cc2)cc1. The third-order valence-electron chi connectivity index (χ3n) is 3.59. The first-order valence-corrected chi connectivity index (χ1v) is 8.74. The van der Waals surface area contributed by atoms with Gasteiger partial charge in [0.25, 0.3) is 5.91 Å². The van der Waals surface area contributed by atoms with Crippen molar-refractivity contribution in [2.75, 3.05) is 11.9 Å². The lowest BCUT2D eigenvalue weighted by molar-refractivity contribution is 0.102. The zero-order valence-electron chi connectivity index (χ0n) is 13.8. The first-order chi connectivity index (χ1) is 12.1. The number of hydrogen-bond donors (Lipinski definition) is 1. The summed E-state index contributed by atoms with van der Waals surface area (Å²) in [5.74, 6) is 0.646. The number of ether oxygens (including phenoxy) is 1. The van der Waals surface area contributed by atoms with Gasteiger partial charge in [-0.05, 0) is 64.8 Å². The monoisotopic (exact) mass is 399 g/mol. The van der Waals surface area contributed by atoms with Gasteiger partial charge in [-0.2, -0.15) is 5.10 Å². The molecule has 6 heteroatoms. The van der Waals surface area contributed by atoms with E-state index in [1.807, 2.05) is 66.3 Å². The molecule has 0 aliphatic rings. The van der Waals surface area contributed by atoms with Crippen molar-refractivity contribution in [3.8, 4) is 5.75 Å². The zero-order chi connectivity index (χ0) is 17.6. The molecule has 1 aromatic heterocycles. The Labute approximate surface area is 154 Å². The molecule has 0 aliphatic carbocycles. The molecule has 0 fully saturated rings. The van der Waals surface area contributed by atoms with E-state index in [1.54, 1.807) is 6.20 Å². The van der Waals surface area contributed by atoms with E-state index in [4.69, 9.17) is 4.74 Å². The number of anilines is 1. The summed E-state index contributed by atoms with van der Waals surface area (Å²) in [6, 6.07) is 14.8. The molecule has 2 aromatic carbocycles. The van der Waals surface area contributed by atoms with Crippen LogP contribution in [-0.4, -0.2) is 22.3 Å². The van der Waals surface area contributed by atoms with Crippen molar-refractivity contribution in [1.29, 1.82) is 0 Å². The molecule has 0 spiro atoms. The van der Waals surface area contributed by atoms with Crippen molar-refractivity contribution in [3.63, 3.8) is 0 Å². The normalized spacial score (nSPS) is 10.5. The maximum atomic E-state index is 12.3. The highest BCUT2D eigenvalue weighted by molar-refractivity contribution is 9.10. The van der Waals surface area contributed by atoms with E-state index in [2.05, 4.69) is 26.3 Å². The van der Waals surface area contributed by atoms with Gasteiger partial charge in [-0.3, -0.25) is 9.48 Å². The lowest BCUT2D eigenvalue weighted by Gasteiger charge is -2.08. The molecule has 0 atom stereocenters. The average molecular weight is 400 g/mol. The molecule has 0 bridgehead atoms. The molecule has 0 aliphatic heterocycles. The summed E-state index contributed by atoms with van der Waals surface area (Å²) in [6.07, 6.45) is 3.66. The lowest BCUT2D eigenvalue weighted by atomic mass is 10.1. The predicted molar refractivity (Wildman–Crippen MR) is 101 cm³/mol. The van der Waals surface area contributed by atoms with Crippen molar-refractivity contribution in [1.82, 2.24) is 9.78 Å². The molecule has 0 saturated heterocycles. The first-order valence-electron chi connectivity index (χ1n) is 7.95. The van der Waals surface area contributed by atoms with Crippen LogP contribution in [0.3, 0.4) is 0 Å². The van der Waals surface area contributed by atoms with E-state index in [-0.39, 0.29) is 5.91 Å². The number of nitrogens with one attached hydrogen (secondary N) is 1. The van der Waals surface area contributed by atoms with Crippen molar-refractivity contribution in [2.24, 2.45) is 0 Å². The van der Waals surface area contributed by atoms with Gasteiger partial charge < -0.3 is 10.1 Å². The fraction of sp³-hybridized carbons (Fsp3) is 0.158. The molecule has 1 heterocycles. The van der Waals surface area contributed by atoms with Gasteiger partial charge in [0, 0.05) is 17.4 Å². The molecule has 25 heavy (non-hydrogen) atoms. The van der Waals surface area contributed by atoms with Crippen molar-refractivity contribution in [3.05, 3.63) is 76.5 Å². The summed E-state index contributed by atoms with van der Waals surface area (Å²) in [5, 5.41) is 7.11. The summed E-state index contributed by atoms with van der Waals surface area (Å²) in [5.41, 5.74) is 2.42. The van der Waals surface area contributed by atoms with Crippen LogP contribution in [0, 0.1) is 0 Å². The van der Waals surface area contributed by atoms with E-state index in [9.17, 15) is 4.79 Å². The molecule has 0 saturated carbocycles. The number of hydrogen-bond acceptors (Lipinski definition) is 3. The number of amides is 1. The molecule has 0 radical (unpaired) electrons. The number of rotatable bonds is 6. The maximum absolute atomic E-state index is 12.3. The molecule has 1 amide bonds. The summed E-state index contributed by atoms with van der Waals surface area (Å²) in [4.78, 5) is 12.3. The van der Waals surface area contributed by atoms with Crippen molar-refractivity contribution < 1.29 is 9.53 Å². The topological polar surface area (TPSA) is 56.1 Å². The van der Waals surface area contributed by atoms with Crippen LogP contribution in [0.2, 0.25) is 0 Å². The quantitative estimate of drug-likeness (QED) is 0.670. The smallest absolute Gasteiger partial charge is 0.255 e. The summed E-state index contributed by atoms with van der Waals surface area (Å²) < 4.78 is 8.17. The minimum Gasteiger partial charge on any atom is -0.494 e. The molecule has 3 aromatic rings. The van der Waals surface area contributed by atoms with Crippen LogP contribution in [0.4, 0.5) is 5.69 Å². The van der Waals surface area contributed by atoms with Crippen LogP contribution >= 0.6 is 15.9 Å². The highest BCUT2D eigenvalue weighted by Gasteiger charge is 2.07. The molecule has 1 N–H and O–H groups in total. The number of carbonyl (C=O) groups excluding carboxylic acids is 1. The Morgan fingerprint density at radius 3 is 2.48 bits per heavy atom. The van der Waals surface area contributed by atoms with Crippen LogP contribution in [-0.2, 0) is 6.54 Å². The van der Waals surface area contributed by atoms with Crippen LogP contribution in [0.25, 0.3) is 0 Å². The van der Waals surface area contributed by atoms with Crippen LogP contribution in [0.15, 0.2) is 65.4 Å². The summed E-state index contributed by atoms with van der Waals surface area (Å²) >= 11 is 3.38. The third kappa shape index (κ3) is 4.70. The second-order valence-electron chi connectivity index (χ2n) is 5.46. The second kappa shape index (κ2) is 7.98. The lowest BCUT2D eigenvalue weighted by Crippen LogP contribution is -2.12. The molecule has 128 valence electrons. The Morgan fingerprint density at radius 1 is 1.16 bits per heavy atom. The largest absolute Gasteiger partial charge is 0.494 e. The number of aromatic nitrogens is 2. The van der Waals surface area contributed by atoms with E-state index < -0.39 is 0 Å². The standard InChI is InChI=1S/C19H18BrN3O2/c1-2-25-18-9-7-17(8-10-18)22-19(24)15-5-3-14(4-6-15)12-23-13-16(20)11-21-23/h3-11,13H,2,12H2,1H3,(H,22,24). The van der Waals surface area contributed by atoms with Gasteiger partial charge in [0.15, 0.2) is 0 Å². The predicted octanol–water partition coefficient (Wildman–Crippen LogP) is 4.34. The average Bonchev–Trinajstić information content (AvgIpc) is 3.02. The third-order valence-corrected chi connectivity index (χ3v) is 4.00. The molecule has 0 unspecified atom stereocenters. The first kappa shape index (κ1) is 17.2. The highest BCUT2D eigenvalue weighted by Crippen LogP contribution is 2.17. The Morgan fingerprint density at radius 2 is 1.88 bits per heavy atom. The Balaban J connectivity index is 1.62. The maximum Gasteiger partial charge on any atom is 0.255 e. The van der Waals surface area contributed by atoms with Crippen LogP contribution < -0.4 is 10.1 Å². The van der Waals surface area contributed by atoms with Gasteiger partial charge in [0.1, 0.15) is 5.75 Å². The van der Waals surface area contributed by atoms with Gasteiger partial charge >= 0.3 is 0 Å². The molecule has 3 rings (SSSR count). The van der Waals surface area contributed by atoms with Crippen LogP contribution in [0.5, 0.6) is 5.75 Å². The van der Waals surface area contributed by atoms with E-state index in [0.717, 1.165) is 21.5 Å². The fourth-order valence-electron chi connectivity index (χ4n) is 2.38. The van der Waals surface area contributed by atoms with Gasteiger partial charge in [0.2, 0.25) is 0 Å². The van der Waals surface area contributed by atoms with Crippen molar-refractivity contribution >= 4 is 27.5 Å². The summed E-state index contributed by atoms with van der Waals surface area (Å²) in [6.45, 7) is 3.21. The number of benzene rings is 2. The minimum absolute atomic E-state index is 0.141. The van der Waals surface area contributed by atoms with Crippen molar-refractivity contribution in [2.45, 2.75) is 13.5 Å². The minimum atomic E-state index is -0.141. The van der Waals surface area contributed by atoms with Gasteiger partial charge in [-0.25, -0.2) is 0 Å². The van der Waals surface area contributed by atoms with Gasteiger partial charge in [-0.1, -0.05) is 12.1 Å². The van der Waals surface area contributed by atoms with Gasteiger partial charge in [0.05, 0.1) is 23.8 Å². The second-order valence-corrected chi connectivity index (χ2v) is 6.38. The molecular formula is C19H18BrN3O2. The van der Waals surface area contributed by atoms with E-state index >= 15 is 0 Å². The number of carbonyl (C=O) groups is 1. The molecule has 5 nitrogen and oxygen atoms in total. The van der Waals surface area contributed by atoms with E-state index in [1.165, 1.54) is 0 Å².